The molecule has 0 spiro atoms. The second kappa shape index (κ2) is 14.2. The molecule has 218 valence electrons. The topological polar surface area (TPSA) is 81.1 Å². The summed E-state index contributed by atoms with van der Waals surface area (Å²) in [5.74, 6) is -0.422. The average Bonchev–Trinajstić information content (AvgIpc) is 3.06. The number of hydrogen-bond acceptors (Lipinski definition) is 7. The molecule has 0 unspecified atom stereocenters. The van der Waals surface area contributed by atoms with Gasteiger partial charge in [-0.05, 0) is 28.8 Å². The molecule has 0 aliphatic rings. The third-order valence-electron chi connectivity index (χ3n) is 6.89. The molecule has 0 aliphatic carbocycles. The number of rotatable bonds is 12. The first-order chi connectivity index (χ1) is 21.0. The normalized spacial score (nSPS) is 10.7. The lowest BCUT2D eigenvalue weighted by Gasteiger charge is -2.21. The van der Waals surface area contributed by atoms with Gasteiger partial charge in [0.1, 0.15) is 25.6 Å². The van der Waals surface area contributed by atoms with Crippen molar-refractivity contribution in [1.82, 2.24) is 4.98 Å². The van der Waals surface area contributed by atoms with E-state index in [1.54, 1.807) is 0 Å². The van der Waals surface area contributed by atoms with Crippen molar-refractivity contribution in [2.75, 3.05) is 19.0 Å². The van der Waals surface area contributed by atoms with Crippen molar-refractivity contribution in [1.29, 1.82) is 0 Å². The highest BCUT2D eigenvalue weighted by atomic mass is 16.5. The van der Waals surface area contributed by atoms with Crippen molar-refractivity contribution >= 4 is 11.7 Å². The molecule has 0 aliphatic heterocycles. The van der Waals surface area contributed by atoms with E-state index in [-0.39, 0.29) is 37.0 Å². The first-order valence-electron chi connectivity index (χ1n) is 14.0. The van der Waals surface area contributed by atoms with Gasteiger partial charge in [-0.2, -0.15) is 0 Å². The fraction of sp³-hybridized carbons (Fsp3) is 0.167. The first-order valence-corrected chi connectivity index (χ1v) is 14.0. The van der Waals surface area contributed by atoms with Crippen LogP contribution in [0.4, 0.5) is 5.69 Å². The molecule has 5 rings (SSSR count). The van der Waals surface area contributed by atoms with Crippen molar-refractivity contribution < 1.29 is 24.1 Å². The van der Waals surface area contributed by atoms with Crippen LogP contribution < -0.4 is 14.4 Å². The van der Waals surface area contributed by atoms with E-state index in [2.05, 4.69) is 0 Å². The Kier molecular flexibility index (Phi) is 9.67. The van der Waals surface area contributed by atoms with E-state index in [0.29, 0.717) is 11.3 Å². The smallest absolute Gasteiger partial charge is 0.347 e. The number of esters is 1. The van der Waals surface area contributed by atoms with Crippen LogP contribution in [0.15, 0.2) is 115 Å². The van der Waals surface area contributed by atoms with Gasteiger partial charge in [0.15, 0.2) is 5.56 Å². The van der Waals surface area contributed by atoms with E-state index >= 15 is 0 Å². The van der Waals surface area contributed by atoms with Crippen LogP contribution in [0.3, 0.4) is 0 Å². The highest BCUT2D eigenvalue weighted by Crippen LogP contribution is 2.39. The number of carbonyl (C=O) groups is 1. The Morgan fingerprint density at radius 1 is 0.698 bits per heavy atom. The molecule has 43 heavy (non-hydrogen) atoms. The number of carbonyl (C=O) groups excluding carboxylic acids is 1. The molecule has 0 bridgehead atoms. The minimum Gasteiger partial charge on any atom is -0.487 e. The zero-order valence-corrected chi connectivity index (χ0v) is 24.3. The number of hydrogen-bond donors (Lipinski definition) is 1. The summed E-state index contributed by atoms with van der Waals surface area (Å²) in [6, 6.07) is 36.5. The van der Waals surface area contributed by atoms with Gasteiger partial charge < -0.3 is 24.2 Å². The van der Waals surface area contributed by atoms with Crippen LogP contribution in [0.5, 0.6) is 11.6 Å². The maximum Gasteiger partial charge on any atom is 0.347 e. The molecular formula is C36H34N2O5. The Balaban J connectivity index is 1.62. The van der Waals surface area contributed by atoms with Gasteiger partial charge in [-0.3, -0.25) is 0 Å². The van der Waals surface area contributed by atoms with Crippen LogP contribution in [0.1, 0.15) is 32.6 Å². The monoisotopic (exact) mass is 574 g/mol. The predicted octanol–water partition coefficient (Wildman–Crippen LogP) is 6.82. The minimum atomic E-state index is -0.660. The Morgan fingerprint density at radius 2 is 1.21 bits per heavy atom. The molecule has 1 N–H and O–H groups in total. The molecule has 7 heteroatoms. The van der Waals surface area contributed by atoms with Gasteiger partial charge in [-0.15, -0.1) is 0 Å². The lowest BCUT2D eigenvalue weighted by molar-refractivity contribution is 0.0460. The van der Waals surface area contributed by atoms with Crippen LogP contribution in [0.25, 0.3) is 11.3 Å². The summed E-state index contributed by atoms with van der Waals surface area (Å²) in [5.41, 5.74) is 5.25. The number of aromatic nitrogens is 1. The Labute approximate surface area is 251 Å². The number of aliphatic hydroxyl groups is 1. The third-order valence-corrected chi connectivity index (χ3v) is 6.89. The number of nitrogens with zero attached hydrogens (tertiary/aromatic N) is 2. The van der Waals surface area contributed by atoms with Gasteiger partial charge >= 0.3 is 5.97 Å². The fourth-order valence-electron chi connectivity index (χ4n) is 4.58. The minimum absolute atomic E-state index is 0.0282. The summed E-state index contributed by atoms with van der Waals surface area (Å²) in [4.78, 5) is 20.6. The van der Waals surface area contributed by atoms with Crippen LogP contribution >= 0.6 is 0 Å². The summed E-state index contributed by atoms with van der Waals surface area (Å²) < 4.78 is 18.3. The highest BCUT2D eigenvalue weighted by Gasteiger charge is 2.29. The van der Waals surface area contributed by atoms with Crippen LogP contribution in [0, 0.1) is 0 Å². The number of aliphatic hydroxyl groups excluding tert-OH is 1. The Bertz CT molecular complexity index is 1620. The molecule has 1 aromatic heterocycles. The third kappa shape index (κ3) is 7.39. The first kappa shape index (κ1) is 29.4. The number of benzene rings is 4. The maximum atomic E-state index is 13.8. The molecular weight excluding hydrogens is 540 g/mol. The van der Waals surface area contributed by atoms with Gasteiger partial charge in [0.05, 0.1) is 12.3 Å². The summed E-state index contributed by atoms with van der Waals surface area (Å²) in [5, 5.41) is 10.7. The second-order valence-electron chi connectivity index (χ2n) is 10.2. The lowest BCUT2D eigenvalue weighted by atomic mass is 10.0. The molecule has 0 amide bonds. The van der Waals surface area contributed by atoms with Gasteiger partial charge in [-0.1, -0.05) is 103 Å². The molecule has 0 radical (unpaired) electrons. The van der Waals surface area contributed by atoms with Gasteiger partial charge in [-0.25, -0.2) is 9.78 Å². The van der Waals surface area contributed by atoms with E-state index < -0.39 is 12.6 Å². The van der Waals surface area contributed by atoms with E-state index in [9.17, 15) is 9.90 Å². The quantitative estimate of drug-likeness (QED) is 0.164. The Hall–Kier alpha value is -5.14. The molecule has 1 heterocycles. The molecule has 0 saturated heterocycles. The van der Waals surface area contributed by atoms with Crippen molar-refractivity contribution in [2.45, 2.75) is 26.4 Å². The largest absolute Gasteiger partial charge is 0.487 e. The van der Waals surface area contributed by atoms with Crippen molar-refractivity contribution in [3.05, 3.63) is 143 Å². The summed E-state index contributed by atoms with van der Waals surface area (Å²) in [6.45, 7) is -0.0334. The van der Waals surface area contributed by atoms with Crippen LogP contribution in [-0.2, 0) is 31.2 Å². The van der Waals surface area contributed by atoms with E-state index in [1.165, 1.54) is 0 Å². The zero-order valence-electron chi connectivity index (χ0n) is 24.3. The maximum absolute atomic E-state index is 13.8. The van der Waals surface area contributed by atoms with Gasteiger partial charge in [0, 0.05) is 30.9 Å². The summed E-state index contributed by atoms with van der Waals surface area (Å²) in [6.07, 6.45) is 0. The fourth-order valence-corrected chi connectivity index (χ4v) is 4.58. The standard InChI is InChI=1S/C36H34N2O5/c1-38(2)30-20-18-29(19-21-30)33-31(22-39)34(41-23-26-12-6-3-7-13-26)32(36(40)43-25-28-16-10-5-11-17-28)35(37-33)42-24-27-14-8-4-9-15-27/h3-21,39H,22-25H2,1-2H3. The lowest BCUT2D eigenvalue weighted by Crippen LogP contribution is -2.15. The van der Waals surface area contributed by atoms with Crippen molar-refractivity contribution in [3.63, 3.8) is 0 Å². The molecule has 5 aromatic rings. The summed E-state index contributed by atoms with van der Waals surface area (Å²) >= 11 is 0. The van der Waals surface area contributed by atoms with Gasteiger partial charge in [0.2, 0.25) is 5.88 Å². The van der Waals surface area contributed by atoms with Crippen LogP contribution in [0.2, 0.25) is 0 Å². The number of ether oxygens (including phenoxy) is 3. The molecule has 7 nitrogen and oxygen atoms in total. The molecule has 0 fully saturated rings. The molecule has 0 saturated carbocycles. The number of pyridine rings is 1. The highest BCUT2D eigenvalue weighted by molar-refractivity contribution is 5.96. The molecule has 0 atom stereocenters. The second-order valence-corrected chi connectivity index (χ2v) is 10.2. The van der Waals surface area contributed by atoms with Crippen LogP contribution in [-0.4, -0.2) is 30.2 Å². The van der Waals surface area contributed by atoms with E-state index in [4.69, 9.17) is 19.2 Å². The van der Waals surface area contributed by atoms with E-state index in [1.807, 2.05) is 134 Å². The van der Waals surface area contributed by atoms with Crippen molar-refractivity contribution in [3.8, 4) is 22.9 Å². The van der Waals surface area contributed by atoms with E-state index in [0.717, 1.165) is 27.9 Å². The van der Waals surface area contributed by atoms with Crippen molar-refractivity contribution in [2.24, 2.45) is 0 Å². The Morgan fingerprint density at radius 3 is 1.72 bits per heavy atom. The predicted molar refractivity (Wildman–Crippen MR) is 167 cm³/mol. The summed E-state index contributed by atoms with van der Waals surface area (Å²) in [7, 11) is 3.93. The molecule has 4 aromatic carbocycles. The van der Waals surface area contributed by atoms with Gasteiger partial charge in [0.25, 0.3) is 0 Å². The SMILES string of the molecule is CN(C)c1ccc(-c2nc(OCc3ccccc3)c(C(=O)OCc3ccccc3)c(OCc3ccccc3)c2CO)cc1. The number of anilines is 1. The average molecular weight is 575 g/mol. The zero-order chi connectivity index (χ0) is 30.0.